The van der Waals surface area contributed by atoms with Crippen LogP contribution < -0.4 is 4.72 Å². The zero-order valence-corrected chi connectivity index (χ0v) is 11.0. The minimum absolute atomic E-state index is 0.0714. The van der Waals surface area contributed by atoms with Crippen LogP contribution in [-0.2, 0) is 10.0 Å². The SMILES string of the molecule is O=[N+]([O-])c1ccc2nc(NS(=O)(=O)CCl)sc2c1. The van der Waals surface area contributed by atoms with E-state index in [0.29, 0.717) is 10.2 Å². The van der Waals surface area contributed by atoms with Gasteiger partial charge >= 0.3 is 0 Å². The first kappa shape index (κ1) is 13.0. The number of non-ortho nitro benzene ring substituents is 1. The molecule has 10 heteroatoms. The molecule has 0 amide bonds. The van der Waals surface area contributed by atoms with E-state index in [4.69, 9.17) is 11.6 Å². The zero-order chi connectivity index (χ0) is 13.3. The number of aromatic nitrogens is 1. The monoisotopic (exact) mass is 307 g/mol. The second-order valence-electron chi connectivity index (χ2n) is 3.25. The lowest BCUT2D eigenvalue weighted by Gasteiger charge is -1.98. The Morgan fingerprint density at radius 1 is 1.50 bits per heavy atom. The molecule has 96 valence electrons. The molecule has 1 heterocycles. The third-order valence-corrected chi connectivity index (χ3v) is 4.69. The minimum atomic E-state index is -3.62. The number of rotatable bonds is 4. The molecule has 0 saturated carbocycles. The summed E-state index contributed by atoms with van der Waals surface area (Å²) in [7, 11) is -3.62. The van der Waals surface area contributed by atoms with Crippen LogP contribution in [0, 0.1) is 10.1 Å². The number of nitro groups is 1. The quantitative estimate of drug-likeness (QED) is 0.529. The molecule has 0 radical (unpaired) electrons. The number of anilines is 1. The number of nitrogens with one attached hydrogen (secondary N) is 1. The molecule has 0 aliphatic heterocycles. The van der Waals surface area contributed by atoms with Gasteiger partial charge in [0.1, 0.15) is 5.21 Å². The number of nitrogens with zero attached hydrogens (tertiary/aromatic N) is 2. The lowest BCUT2D eigenvalue weighted by Crippen LogP contribution is -2.12. The number of hydrogen-bond acceptors (Lipinski definition) is 6. The molecular formula is C8H6ClN3O4S2. The van der Waals surface area contributed by atoms with Crippen LogP contribution in [0.25, 0.3) is 10.2 Å². The highest BCUT2D eigenvalue weighted by molar-refractivity contribution is 7.94. The third-order valence-electron chi connectivity index (χ3n) is 1.97. The molecule has 0 saturated heterocycles. The van der Waals surface area contributed by atoms with Gasteiger partial charge in [-0.15, -0.1) is 11.6 Å². The predicted molar refractivity (Wildman–Crippen MR) is 69.5 cm³/mol. The summed E-state index contributed by atoms with van der Waals surface area (Å²) < 4.78 is 25.2. The van der Waals surface area contributed by atoms with E-state index in [1.165, 1.54) is 18.2 Å². The Balaban J connectivity index is 2.42. The summed E-state index contributed by atoms with van der Waals surface area (Å²) in [6, 6.07) is 4.11. The lowest BCUT2D eigenvalue weighted by molar-refractivity contribution is -0.384. The summed E-state index contributed by atoms with van der Waals surface area (Å²) in [6.45, 7) is 0. The van der Waals surface area contributed by atoms with Crippen molar-refractivity contribution in [1.29, 1.82) is 0 Å². The van der Waals surface area contributed by atoms with Crippen molar-refractivity contribution in [3.63, 3.8) is 0 Å². The lowest BCUT2D eigenvalue weighted by atomic mass is 10.3. The number of halogens is 1. The Hall–Kier alpha value is -1.45. The summed E-state index contributed by atoms with van der Waals surface area (Å²) in [5, 5.41) is 10.1. The molecule has 0 aliphatic rings. The van der Waals surface area contributed by atoms with Gasteiger partial charge in [-0.3, -0.25) is 14.8 Å². The van der Waals surface area contributed by atoms with E-state index < -0.39 is 20.2 Å². The van der Waals surface area contributed by atoms with Crippen molar-refractivity contribution >= 4 is 54.0 Å². The highest BCUT2D eigenvalue weighted by Gasteiger charge is 2.14. The maximum atomic E-state index is 11.2. The van der Waals surface area contributed by atoms with Crippen molar-refractivity contribution in [2.45, 2.75) is 0 Å². The Bertz CT molecular complexity index is 712. The molecule has 0 fully saturated rings. The molecule has 0 atom stereocenters. The number of benzene rings is 1. The van der Waals surface area contributed by atoms with Gasteiger partial charge in [-0.2, -0.15) is 0 Å². The molecule has 1 N–H and O–H groups in total. The van der Waals surface area contributed by atoms with Crippen LogP contribution in [0.3, 0.4) is 0 Å². The highest BCUT2D eigenvalue weighted by Crippen LogP contribution is 2.29. The Morgan fingerprint density at radius 2 is 2.22 bits per heavy atom. The van der Waals surface area contributed by atoms with Gasteiger partial charge in [-0.05, 0) is 6.07 Å². The average Bonchev–Trinajstić information content (AvgIpc) is 2.68. The number of alkyl halides is 1. The van der Waals surface area contributed by atoms with Crippen LogP contribution in [-0.4, -0.2) is 23.5 Å². The van der Waals surface area contributed by atoms with Crippen molar-refractivity contribution in [3.8, 4) is 0 Å². The maximum absolute atomic E-state index is 11.2. The molecule has 0 aliphatic carbocycles. The Kier molecular flexibility index (Phi) is 3.37. The molecule has 2 aromatic rings. The zero-order valence-electron chi connectivity index (χ0n) is 8.66. The number of thiazole rings is 1. The van der Waals surface area contributed by atoms with E-state index >= 15 is 0 Å². The van der Waals surface area contributed by atoms with E-state index in [0.717, 1.165) is 11.3 Å². The van der Waals surface area contributed by atoms with Crippen LogP contribution in [0.1, 0.15) is 0 Å². The fraction of sp³-hybridized carbons (Fsp3) is 0.125. The predicted octanol–water partition coefficient (Wildman–Crippen LogP) is 2.14. The number of hydrogen-bond donors (Lipinski definition) is 1. The first-order chi connectivity index (χ1) is 8.41. The van der Waals surface area contributed by atoms with E-state index in [1.807, 2.05) is 0 Å². The van der Waals surface area contributed by atoms with Gasteiger partial charge in [-0.25, -0.2) is 13.4 Å². The van der Waals surface area contributed by atoms with Gasteiger partial charge in [0.15, 0.2) is 5.13 Å². The van der Waals surface area contributed by atoms with Crippen LogP contribution in [0.5, 0.6) is 0 Å². The molecule has 18 heavy (non-hydrogen) atoms. The fourth-order valence-electron chi connectivity index (χ4n) is 1.23. The van der Waals surface area contributed by atoms with E-state index in [9.17, 15) is 18.5 Å². The Labute approximate surface area is 111 Å². The van der Waals surface area contributed by atoms with Crippen molar-refractivity contribution in [2.24, 2.45) is 0 Å². The normalized spacial score (nSPS) is 11.6. The van der Waals surface area contributed by atoms with Crippen molar-refractivity contribution in [3.05, 3.63) is 28.3 Å². The highest BCUT2D eigenvalue weighted by atomic mass is 35.5. The second-order valence-corrected chi connectivity index (χ2v) is 6.59. The van der Waals surface area contributed by atoms with Crippen LogP contribution in [0.2, 0.25) is 0 Å². The summed E-state index contributed by atoms with van der Waals surface area (Å²) in [4.78, 5) is 14.1. The first-order valence-electron chi connectivity index (χ1n) is 4.53. The van der Waals surface area contributed by atoms with Crippen molar-refractivity contribution in [1.82, 2.24) is 4.98 Å². The molecule has 7 nitrogen and oxygen atoms in total. The smallest absolute Gasteiger partial charge is 0.258 e. The largest absolute Gasteiger partial charge is 0.270 e. The topological polar surface area (TPSA) is 102 Å². The molecule has 0 unspecified atom stereocenters. The minimum Gasteiger partial charge on any atom is -0.258 e. The molecule has 0 bridgehead atoms. The standard InChI is InChI=1S/C8H6ClN3O4S2/c9-4-18(15,16)11-8-10-6-2-1-5(12(13)14)3-7(6)17-8/h1-3H,4H2,(H,10,11). The first-order valence-corrected chi connectivity index (χ1v) is 7.53. The van der Waals surface area contributed by atoms with Crippen molar-refractivity contribution < 1.29 is 13.3 Å². The van der Waals surface area contributed by atoms with Gasteiger partial charge in [-0.1, -0.05) is 11.3 Å². The summed E-state index contributed by atoms with van der Waals surface area (Å²) in [6.07, 6.45) is 0. The fourth-order valence-corrected chi connectivity index (χ4v) is 3.06. The summed E-state index contributed by atoms with van der Waals surface area (Å²) in [5.74, 6) is 0. The second kappa shape index (κ2) is 4.67. The molecule has 1 aromatic carbocycles. The number of fused-ring (bicyclic) bond motifs is 1. The van der Waals surface area contributed by atoms with Crippen LogP contribution in [0.15, 0.2) is 18.2 Å². The van der Waals surface area contributed by atoms with Crippen LogP contribution >= 0.6 is 22.9 Å². The van der Waals surface area contributed by atoms with Gasteiger partial charge in [0.2, 0.25) is 10.0 Å². The van der Waals surface area contributed by atoms with E-state index in [2.05, 4.69) is 9.71 Å². The summed E-state index contributed by atoms with van der Waals surface area (Å²) >= 11 is 6.25. The van der Waals surface area contributed by atoms with Gasteiger partial charge in [0.25, 0.3) is 5.69 Å². The number of nitro benzene ring substituents is 1. The summed E-state index contributed by atoms with van der Waals surface area (Å²) in [5.41, 5.74) is 0.413. The molecule has 1 aromatic heterocycles. The average molecular weight is 308 g/mol. The van der Waals surface area contributed by atoms with Gasteiger partial charge < -0.3 is 0 Å². The maximum Gasteiger partial charge on any atom is 0.270 e. The van der Waals surface area contributed by atoms with Gasteiger partial charge in [0, 0.05) is 12.1 Å². The molecule has 0 spiro atoms. The molecule has 2 rings (SSSR count). The Morgan fingerprint density at radius 3 is 2.83 bits per heavy atom. The van der Waals surface area contributed by atoms with Gasteiger partial charge in [0.05, 0.1) is 15.1 Å². The third kappa shape index (κ3) is 2.68. The van der Waals surface area contributed by atoms with E-state index in [-0.39, 0.29) is 10.8 Å². The van der Waals surface area contributed by atoms with Crippen LogP contribution in [0.4, 0.5) is 10.8 Å². The molecular weight excluding hydrogens is 302 g/mol. The van der Waals surface area contributed by atoms with E-state index in [1.54, 1.807) is 0 Å². The van der Waals surface area contributed by atoms with Crippen molar-refractivity contribution in [2.75, 3.05) is 9.93 Å². The number of sulfonamides is 1.